The molecule has 2 aromatic carbocycles. The molecule has 0 atom stereocenters. The molecule has 0 saturated carbocycles. The van der Waals surface area contributed by atoms with E-state index in [1.54, 1.807) is 31.2 Å². The van der Waals surface area contributed by atoms with Crippen LogP contribution in [0.5, 0.6) is 11.5 Å². The van der Waals surface area contributed by atoms with Gasteiger partial charge in [-0.2, -0.15) is 22.7 Å². The number of ether oxygens (including phenoxy) is 2. The molecule has 0 aliphatic heterocycles. The van der Waals surface area contributed by atoms with Crippen molar-refractivity contribution >= 4 is 23.1 Å². The summed E-state index contributed by atoms with van der Waals surface area (Å²) in [6, 6.07) is 10.2. The maximum atomic E-state index is 12.6. The number of para-hydroxylation sites is 1. The summed E-state index contributed by atoms with van der Waals surface area (Å²) in [7, 11) is 0. The van der Waals surface area contributed by atoms with Crippen molar-refractivity contribution in [1.82, 2.24) is 5.43 Å². The molecule has 0 radical (unpaired) electrons. The fourth-order valence-corrected chi connectivity index (χ4v) is 2.60. The minimum atomic E-state index is -3.20. The number of halogens is 4. The highest BCUT2D eigenvalue weighted by Crippen LogP contribution is 2.27. The number of aryl methyl sites for hydroxylation is 1. The zero-order valence-electron chi connectivity index (χ0n) is 14.9. The normalized spacial score (nSPS) is 11.6. The second kappa shape index (κ2) is 8.63. The number of carbonyl (C=O) groups is 1. The van der Waals surface area contributed by atoms with Crippen LogP contribution in [0, 0.1) is 6.92 Å². The van der Waals surface area contributed by atoms with Crippen LogP contribution < -0.4 is 14.9 Å². The number of amides is 1. The van der Waals surface area contributed by atoms with Crippen molar-refractivity contribution < 1.29 is 36.2 Å². The molecular weight excluding hydrogens is 396 g/mol. The molecule has 0 saturated heterocycles. The molecule has 1 N–H and O–H groups in total. The van der Waals surface area contributed by atoms with Gasteiger partial charge in [0.05, 0.1) is 6.21 Å². The Bertz CT molecular complexity index is 1050. The number of furan rings is 1. The molecule has 29 heavy (non-hydrogen) atoms. The van der Waals surface area contributed by atoms with Gasteiger partial charge >= 0.3 is 19.1 Å². The zero-order valence-corrected chi connectivity index (χ0v) is 14.9. The predicted octanol–water partition coefficient (Wildman–Crippen LogP) is 4.71. The van der Waals surface area contributed by atoms with E-state index in [2.05, 4.69) is 20.0 Å². The Morgan fingerprint density at radius 2 is 1.83 bits per heavy atom. The van der Waals surface area contributed by atoms with Gasteiger partial charge in [0.2, 0.25) is 0 Å². The summed E-state index contributed by atoms with van der Waals surface area (Å²) in [5.74, 6) is -1.41. The third kappa shape index (κ3) is 4.84. The number of nitrogens with zero attached hydrogens (tertiary/aromatic N) is 1. The predicted molar refractivity (Wildman–Crippen MR) is 95.7 cm³/mol. The van der Waals surface area contributed by atoms with Gasteiger partial charge < -0.3 is 13.9 Å². The molecule has 0 aliphatic carbocycles. The zero-order chi connectivity index (χ0) is 21.0. The van der Waals surface area contributed by atoms with Crippen LogP contribution in [0.4, 0.5) is 17.6 Å². The molecule has 1 heterocycles. The van der Waals surface area contributed by atoms with E-state index in [0.29, 0.717) is 11.1 Å². The summed E-state index contributed by atoms with van der Waals surface area (Å²) in [4.78, 5) is 12.3. The third-order valence-corrected chi connectivity index (χ3v) is 3.85. The van der Waals surface area contributed by atoms with Crippen molar-refractivity contribution in [3.8, 4) is 11.5 Å². The van der Waals surface area contributed by atoms with Crippen molar-refractivity contribution in [1.29, 1.82) is 0 Å². The Hall–Kier alpha value is -3.56. The van der Waals surface area contributed by atoms with Crippen molar-refractivity contribution in [2.45, 2.75) is 20.1 Å². The summed E-state index contributed by atoms with van der Waals surface area (Å²) >= 11 is 0. The molecule has 0 aliphatic rings. The van der Waals surface area contributed by atoms with Gasteiger partial charge in [-0.3, -0.25) is 4.79 Å². The smallest absolute Gasteiger partial charge is 0.387 e. The number of hydrazone groups is 1. The largest absolute Gasteiger partial charge is 0.451 e. The number of hydrogen-bond donors (Lipinski definition) is 1. The van der Waals surface area contributed by atoms with Crippen LogP contribution in [0.15, 0.2) is 52.0 Å². The highest BCUT2D eigenvalue weighted by Gasteiger charge is 2.17. The average molecular weight is 410 g/mol. The number of rotatable bonds is 7. The molecule has 3 aromatic rings. The van der Waals surface area contributed by atoms with Crippen molar-refractivity contribution in [3.63, 3.8) is 0 Å². The standard InChI is InChI=1S/C19H14F4N2O4/c1-10-13-4-2-3-5-14(13)28-16(10)17(26)25-24-9-11-6-7-12(27-18(20)21)8-15(11)29-19(22)23/h2-9,18-19H,1H3,(H,25,26)/b24-9-. The molecule has 10 heteroatoms. The van der Waals surface area contributed by atoms with E-state index in [1.165, 1.54) is 6.07 Å². The topological polar surface area (TPSA) is 73.1 Å². The number of carbonyl (C=O) groups excluding carboxylic acids is 1. The summed E-state index contributed by atoms with van der Waals surface area (Å²) in [5, 5.41) is 4.46. The molecule has 0 unspecified atom stereocenters. The van der Waals surface area contributed by atoms with Gasteiger partial charge in [0.15, 0.2) is 5.76 Å². The quantitative estimate of drug-likeness (QED) is 0.348. The Morgan fingerprint density at radius 3 is 2.52 bits per heavy atom. The van der Waals surface area contributed by atoms with E-state index < -0.39 is 24.9 Å². The van der Waals surface area contributed by atoms with E-state index in [4.69, 9.17) is 4.42 Å². The van der Waals surface area contributed by atoms with Crippen LogP contribution in [0.2, 0.25) is 0 Å². The Labute approximate surface area is 161 Å². The molecular formula is C19H14F4N2O4. The fourth-order valence-electron chi connectivity index (χ4n) is 2.60. The van der Waals surface area contributed by atoms with Crippen LogP contribution in [-0.4, -0.2) is 25.3 Å². The average Bonchev–Trinajstić information content (AvgIpc) is 2.99. The third-order valence-electron chi connectivity index (χ3n) is 3.85. The maximum Gasteiger partial charge on any atom is 0.387 e. The Morgan fingerprint density at radius 1 is 1.10 bits per heavy atom. The molecule has 0 fully saturated rings. The van der Waals surface area contributed by atoms with E-state index in [-0.39, 0.29) is 17.1 Å². The second-order valence-corrected chi connectivity index (χ2v) is 5.71. The second-order valence-electron chi connectivity index (χ2n) is 5.71. The molecule has 152 valence electrons. The van der Waals surface area contributed by atoms with Gasteiger partial charge in [0.25, 0.3) is 0 Å². The highest BCUT2D eigenvalue weighted by atomic mass is 19.3. The van der Waals surface area contributed by atoms with Crippen LogP contribution in [0.25, 0.3) is 11.0 Å². The van der Waals surface area contributed by atoms with Crippen LogP contribution in [0.3, 0.4) is 0 Å². The number of alkyl halides is 4. The van der Waals surface area contributed by atoms with E-state index in [1.807, 2.05) is 0 Å². The summed E-state index contributed by atoms with van der Waals surface area (Å²) in [5.41, 5.74) is 3.37. The monoisotopic (exact) mass is 410 g/mol. The Balaban J connectivity index is 1.77. The van der Waals surface area contributed by atoms with Gasteiger partial charge in [-0.1, -0.05) is 18.2 Å². The lowest BCUT2D eigenvalue weighted by Crippen LogP contribution is -2.18. The lowest BCUT2D eigenvalue weighted by molar-refractivity contribution is -0.0543. The number of hydrogen-bond acceptors (Lipinski definition) is 5. The number of benzene rings is 2. The summed E-state index contributed by atoms with van der Waals surface area (Å²) < 4.78 is 63.6. The molecule has 1 amide bonds. The van der Waals surface area contributed by atoms with E-state index in [0.717, 1.165) is 23.7 Å². The fraction of sp³-hybridized carbons (Fsp3) is 0.158. The van der Waals surface area contributed by atoms with Crippen LogP contribution >= 0.6 is 0 Å². The van der Waals surface area contributed by atoms with Crippen LogP contribution in [-0.2, 0) is 0 Å². The first-order chi connectivity index (χ1) is 13.8. The Kier molecular flexibility index (Phi) is 6.01. The summed E-state index contributed by atoms with van der Waals surface area (Å²) in [6.45, 7) is -4.61. The van der Waals surface area contributed by atoms with Gasteiger partial charge in [0, 0.05) is 22.6 Å². The molecule has 3 rings (SSSR count). The molecule has 0 spiro atoms. The lowest BCUT2D eigenvalue weighted by atomic mass is 10.1. The molecule has 6 nitrogen and oxygen atoms in total. The lowest BCUT2D eigenvalue weighted by Gasteiger charge is -2.10. The van der Waals surface area contributed by atoms with Crippen molar-refractivity contribution in [2.75, 3.05) is 0 Å². The minimum Gasteiger partial charge on any atom is -0.451 e. The summed E-state index contributed by atoms with van der Waals surface area (Å²) in [6.07, 6.45) is 1.03. The van der Waals surface area contributed by atoms with Crippen LogP contribution in [0.1, 0.15) is 21.7 Å². The number of nitrogens with one attached hydrogen (secondary N) is 1. The van der Waals surface area contributed by atoms with Gasteiger partial charge in [0.1, 0.15) is 17.1 Å². The maximum absolute atomic E-state index is 12.6. The van der Waals surface area contributed by atoms with Crippen molar-refractivity contribution in [3.05, 3.63) is 59.4 Å². The first kappa shape index (κ1) is 20.2. The molecule has 0 bridgehead atoms. The highest BCUT2D eigenvalue weighted by molar-refractivity contribution is 5.99. The minimum absolute atomic E-state index is 0.00791. The van der Waals surface area contributed by atoms with Crippen molar-refractivity contribution in [2.24, 2.45) is 5.10 Å². The van der Waals surface area contributed by atoms with E-state index >= 15 is 0 Å². The SMILES string of the molecule is Cc1c(C(=O)N/N=C\c2ccc(OC(F)F)cc2OC(F)F)oc2ccccc12. The number of fused-ring (bicyclic) bond motifs is 1. The first-order valence-corrected chi connectivity index (χ1v) is 8.20. The van der Waals surface area contributed by atoms with Gasteiger partial charge in [-0.05, 0) is 25.1 Å². The van der Waals surface area contributed by atoms with Gasteiger partial charge in [-0.15, -0.1) is 0 Å². The van der Waals surface area contributed by atoms with E-state index in [9.17, 15) is 22.4 Å². The molecule has 1 aromatic heterocycles. The van der Waals surface area contributed by atoms with Gasteiger partial charge in [-0.25, -0.2) is 5.43 Å². The first-order valence-electron chi connectivity index (χ1n) is 8.20.